The maximum atomic E-state index is 5.78. The lowest BCUT2D eigenvalue weighted by molar-refractivity contribution is 0.0220. The first-order chi connectivity index (χ1) is 8.19. The van der Waals surface area contributed by atoms with E-state index in [0.717, 1.165) is 28.6 Å². The van der Waals surface area contributed by atoms with Crippen LogP contribution in [0.5, 0.6) is 5.75 Å². The van der Waals surface area contributed by atoms with E-state index in [9.17, 15) is 0 Å². The minimum Gasteiger partial charge on any atom is -0.491 e. The molecule has 1 aromatic rings. The average molecular weight is 300 g/mol. The van der Waals surface area contributed by atoms with Crippen LogP contribution in [0.4, 0.5) is 0 Å². The molecule has 0 radical (unpaired) electrons. The van der Waals surface area contributed by atoms with Crippen molar-refractivity contribution in [3.63, 3.8) is 0 Å². The lowest BCUT2D eigenvalue weighted by Crippen LogP contribution is -2.23. The van der Waals surface area contributed by atoms with E-state index in [2.05, 4.69) is 15.9 Å². The standard InChI is InChI=1S/C13H18BrNO2/c1-9-6-10(14)2-5-13(9)16-8-12-4-3-11(7-15)17-12/h2,5-6,11-12H,3-4,7-8,15H2,1H3. The fourth-order valence-corrected chi connectivity index (χ4v) is 2.51. The van der Waals surface area contributed by atoms with Crippen molar-refractivity contribution in [2.24, 2.45) is 5.73 Å². The molecule has 1 saturated heterocycles. The molecule has 2 unspecified atom stereocenters. The van der Waals surface area contributed by atoms with E-state index in [0.29, 0.717) is 13.2 Å². The minimum absolute atomic E-state index is 0.187. The van der Waals surface area contributed by atoms with Crippen molar-refractivity contribution in [1.82, 2.24) is 0 Å². The topological polar surface area (TPSA) is 44.5 Å². The first kappa shape index (κ1) is 12.9. The molecule has 4 heteroatoms. The maximum Gasteiger partial charge on any atom is 0.122 e. The third-order valence-corrected chi connectivity index (χ3v) is 3.51. The van der Waals surface area contributed by atoms with Gasteiger partial charge in [0.1, 0.15) is 12.4 Å². The fourth-order valence-electron chi connectivity index (χ4n) is 2.03. The number of halogens is 1. The zero-order valence-electron chi connectivity index (χ0n) is 9.99. The Balaban J connectivity index is 1.86. The van der Waals surface area contributed by atoms with Crippen molar-refractivity contribution in [1.29, 1.82) is 0 Å². The lowest BCUT2D eigenvalue weighted by atomic mass is 10.2. The molecule has 1 aromatic carbocycles. The number of nitrogens with two attached hydrogens (primary N) is 1. The Bertz CT molecular complexity index is 384. The maximum absolute atomic E-state index is 5.78. The van der Waals surface area contributed by atoms with Crippen LogP contribution >= 0.6 is 15.9 Å². The first-order valence-corrected chi connectivity index (χ1v) is 6.73. The van der Waals surface area contributed by atoms with E-state index >= 15 is 0 Å². The molecule has 0 aromatic heterocycles. The summed E-state index contributed by atoms with van der Waals surface area (Å²) in [5, 5.41) is 0. The average Bonchev–Trinajstić information content (AvgIpc) is 2.76. The summed E-state index contributed by atoms with van der Waals surface area (Å²) in [5.74, 6) is 0.924. The van der Waals surface area contributed by atoms with Gasteiger partial charge in [-0.2, -0.15) is 0 Å². The second kappa shape index (κ2) is 5.85. The zero-order valence-corrected chi connectivity index (χ0v) is 11.6. The molecule has 17 heavy (non-hydrogen) atoms. The highest BCUT2D eigenvalue weighted by Gasteiger charge is 2.24. The Morgan fingerprint density at radius 2 is 2.18 bits per heavy atom. The molecule has 2 atom stereocenters. The molecule has 0 saturated carbocycles. The molecule has 0 amide bonds. The first-order valence-electron chi connectivity index (χ1n) is 5.93. The molecule has 3 nitrogen and oxygen atoms in total. The fraction of sp³-hybridized carbons (Fsp3) is 0.538. The third-order valence-electron chi connectivity index (χ3n) is 3.02. The molecule has 0 aliphatic carbocycles. The van der Waals surface area contributed by atoms with E-state index in [1.54, 1.807) is 0 Å². The SMILES string of the molecule is Cc1cc(Br)ccc1OCC1CCC(CN)O1. The van der Waals surface area contributed by atoms with Crippen molar-refractivity contribution in [2.75, 3.05) is 13.2 Å². The summed E-state index contributed by atoms with van der Waals surface area (Å²) in [7, 11) is 0. The second-order valence-electron chi connectivity index (χ2n) is 4.41. The number of hydrogen-bond acceptors (Lipinski definition) is 3. The number of hydrogen-bond donors (Lipinski definition) is 1. The van der Waals surface area contributed by atoms with Gasteiger partial charge in [0.05, 0.1) is 12.2 Å². The van der Waals surface area contributed by atoms with Crippen molar-refractivity contribution >= 4 is 15.9 Å². The highest BCUT2D eigenvalue weighted by atomic mass is 79.9. The summed E-state index contributed by atoms with van der Waals surface area (Å²) in [5.41, 5.74) is 6.71. The summed E-state index contributed by atoms with van der Waals surface area (Å²) in [6, 6.07) is 6.02. The van der Waals surface area contributed by atoms with Crippen LogP contribution in [0.2, 0.25) is 0 Å². The molecule has 2 N–H and O–H groups in total. The predicted molar refractivity (Wildman–Crippen MR) is 71.3 cm³/mol. The normalized spacial score (nSPS) is 23.9. The highest BCUT2D eigenvalue weighted by Crippen LogP contribution is 2.24. The van der Waals surface area contributed by atoms with Crippen LogP contribution in [0.15, 0.2) is 22.7 Å². The predicted octanol–water partition coefficient (Wildman–Crippen LogP) is 2.64. The summed E-state index contributed by atoms with van der Waals surface area (Å²) in [6.07, 6.45) is 2.49. The quantitative estimate of drug-likeness (QED) is 0.929. The molecule has 1 aliphatic rings. The van der Waals surface area contributed by atoms with Gasteiger partial charge in [0.2, 0.25) is 0 Å². The highest BCUT2D eigenvalue weighted by molar-refractivity contribution is 9.10. The summed E-state index contributed by atoms with van der Waals surface area (Å²) >= 11 is 3.44. The van der Waals surface area contributed by atoms with Gasteiger partial charge in [-0.1, -0.05) is 15.9 Å². The number of ether oxygens (including phenoxy) is 2. The van der Waals surface area contributed by atoms with Crippen LogP contribution in [-0.2, 0) is 4.74 Å². The molecule has 1 fully saturated rings. The van der Waals surface area contributed by atoms with Gasteiger partial charge >= 0.3 is 0 Å². The van der Waals surface area contributed by atoms with E-state index in [-0.39, 0.29) is 12.2 Å². The van der Waals surface area contributed by atoms with Gasteiger partial charge < -0.3 is 15.2 Å². The van der Waals surface area contributed by atoms with Crippen LogP contribution in [-0.4, -0.2) is 25.4 Å². The Labute approximate surface area is 110 Å². The van der Waals surface area contributed by atoms with Crippen LogP contribution in [0.25, 0.3) is 0 Å². The van der Waals surface area contributed by atoms with E-state index in [1.807, 2.05) is 25.1 Å². The second-order valence-corrected chi connectivity index (χ2v) is 5.33. The molecule has 0 spiro atoms. The van der Waals surface area contributed by atoms with E-state index in [1.165, 1.54) is 0 Å². The smallest absolute Gasteiger partial charge is 0.122 e. The largest absolute Gasteiger partial charge is 0.491 e. The van der Waals surface area contributed by atoms with Crippen LogP contribution in [0.3, 0.4) is 0 Å². The van der Waals surface area contributed by atoms with Crippen molar-refractivity contribution < 1.29 is 9.47 Å². The van der Waals surface area contributed by atoms with Crippen LogP contribution in [0, 0.1) is 6.92 Å². The molecule has 2 rings (SSSR count). The van der Waals surface area contributed by atoms with E-state index < -0.39 is 0 Å². The lowest BCUT2D eigenvalue weighted by Gasteiger charge is -2.15. The summed E-state index contributed by atoms with van der Waals surface area (Å²) in [4.78, 5) is 0. The van der Waals surface area contributed by atoms with Gasteiger partial charge in [-0.25, -0.2) is 0 Å². The van der Waals surface area contributed by atoms with Crippen LogP contribution < -0.4 is 10.5 Å². The Morgan fingerprint density at radius 3 is 2.82 bits per heavy atom. The van der Waals surface area contributed by atoms with Crippen molar-refractivity contribution in [3.05, 3.63) is 28.2 Å². The van der Waals surface area contributed by atoms with Crippen molar-refractivity contribution in [3.8, 4) is 5.75 Å². The summed E-state index contributed by atoms with van der Waals surface area (Å²) in [6.45, 7) is 3.26. The van der Waals surface area contributed by atoms with Gasteiger partial charge in [-0.3, -0.25) is 0 Å². The van der Waals surface area contributed by atoms with Gasteiger partial charge in [0.15, 0.2) is 0 Å². The molecular formula is C13H18BrNO2. The number of aryl methyl sites for hydroxylation is 1. The van der Waals surface area contributed by atoms with Gasteiger partial charge in [-0.15, -0.1) is 0 Å². The molecule has 1 heterocycles. The van der Waals surface area contributed by atoms with Crippen LogP contribution in [0.1, 0.15) is 18.4 Å². The molecule has 0 bridgehead atoms. The molecule has 94 valence electrons. The Hall–Kier alpha value is -0.580. The monoisotopic (exact) mass is 299 g/mol. The number of benzene rings is 1. The zero-order chi connectivity index (χ0) is 12.3. The van der Waals surface area contributed by atoms with E-state index in [4.69, 9.17) is 15.2 Å². The van der Waals surface area contributed by atoms with Gasteiger partial charge in [0.25, 0.3) is 0 Å². The van der Waals surface area contributed by atoms with Crippen molar-refractivity contribution in [2.45, 2.75) is 32.0 Å². The minimum atomic E-state index is 0.187. The Morgan fingerprint density at radius 1 is 1.41 bits per heavy atom. The molecule has 1 aliphatic heterocycles. The Kier molecular flexibility index (Phi) is 4.42. The summed E-state index contributed by atoms with van der Waals surface area (Å²) < 4.78 is 12.6. The number of rotatable bonds is 4. The third kappa shape index (κ3) is 3.44. The van der Waals surface area contributed by atoms with Gasteiger partial charge in [0, 0.05) is 11.0 Å². The molecular weight excluding hydrogens is 282 g/mol. The van der Waals surface area contributed by atoms with Gasteiger partial charge in [-0.05, 0) is 43.5 Å².